The molecule has 1 unspecified atom stereocenters. The smallest absolute Gasteiger partial charge is 0.335 e. The molecule has 0 heterocycles. The Morgan fingerprint density at radius 2 is 1.86 bits per heavy atom. The van der Waals surface area contributed by atoms with Crippen molar-refractivity contribution in [3.63, 3.8) is 0 Å². The lowest BCUT2D eigenvalue weighted by Crippen LogP contribution is -2.40. The van der Waals surface area contributed by atoms with E-state index in [1.165, 1.54) is 50.6 Å². The van der Waals surface area contributed by atoms with Crippen LogP contribution in [0.4, 0.5) is 5.69 Å². The molecule has 10 nitrogen and oxygen atoms in total. The molecule has 1 amide bonds. The first kappa shape index (κ1) is 31.8. The number of amides is 1. The Morgan fingerprint density at radius 1 is 1.17 bits per heavy atom. The molecule has 0 radical (unpaired) electrons. The Bertz CT molecular complexity index is 1460. The molecular formula is C31H33ClN4O6. The van der Waals surface area contributed by atoms with Crippen molar-refractivity contribution < 1.29 is 29.0 Å². The average Bonchev–Trinajstić information content (AvgIpc) is 3.78. The number of rotatable bonds is 14. The number of Topliss-reactive ketones (excluding diaryl/α,β-unsaturated/α-hetero) is 1. The maximum Gasteiger partial charge on any atom is 0.335 e. The van der Waals surface area contributed by atoms with E-state index >= 15 is 0 Å². The van der Waals surface area contributed by atoms with Crippen LogP contribution in [-0.2, 0) is 14.3 Å². The largest absolute Gasteiger partial charge is 0.495 e. The van der Waals surface area contributed by atoms with E-state index in [2.05, 4.69) is 10.3 Å². The first-order valence-corrected chi connectivity index (χ1v) is 13.5. The molecule has 42 heavy (non-hydrogen) atoms. The molecule has 1 atom stereocenters. The van der Waals surface area contributed by atoms with Gasteiger partial charge in [-0.1, -0.05) is 11.6 Å². The zero-order valence-electron chi connectivity index (χ0n) is 23.5. The second-order valence-corrected chi connectivity index (χ2v) is 10.1. The van der Waals surface area contributed by atoms with Crippen LogP contribution in [0.1, 0.15) is 52.5 Å². The lowest BCUT2D eigenvalue weighted by molar-refractivity contribution is -0.120. The second kappa shape index (κ2) is 14.8. The van der Waals surface area contributed by atoms with Crippen molar-refractivity contribution in [1.82, 2.24) is 4.90 Å². The number of aldehydes is 1. The van der Waals surface area contributed by atoms with Gasteiger partial charge in [0, 0.05) is 53.4 Å². The molecule has 0 saturated heterocycles. The van der Waals surface area contributed by atoms with Crippen LogP contribution in [0.15, 0.2) is 77.3 Å². The lowest BCUT2D eigenvalue weighted by Gasteiger charge is -2.27. The van der Waals surface area contributed by atoms with Crippen LogP contribution in [0.2, 0.25) is 5.02 Å². The van der Waals surface area contributed by atoms with Crippen LogP contribution in [0.3, 0.4) is 0 Å². The van der Waals surface area contributed by atoms with Gasteiger partial charge in [0.1, 0.15) is 18.1 Å². The van der Waals surface area contributed by atoms with Crippen LogP contribution in [0.5, 0.6) is 0 Å². The number of aromatic carboxylic acids is 1. The Kier molecular flexibility index (Phi) is 11.2. The van der Waals surface area contributed by atoms with Gasteiger partial charge >= 0.3 is 5.97 Å². The van der Waals surface area contributed by atoms with Gasteiger partial charge in [-0.25, -0.2) is 4.79 Å². The third-order valence-corrected chi connectivity index (χ3v) is 6.68. The fourth-order valence-electron chi connectivity index (χ4n) is 4.04. The van der Waals surface area contributed by atoms with Crippen LogP contribution in [0, 0.1) is 0 Å². The number of aliphatic imine (C=N–C) groups is 1. The topological polar surface area (TPSA) is 151 Å². The number of ketones is 1. The first-order valence-electron chi connectivity index (χ1n) is 13.1. The number of allylic oxidation sites excluding steroid dienone is 3. The highest BCUT2D eigenvalue weighted by Crippen LogP contribution is 2.30. The summed E-state index contributed by atoms with van der Waals surface area (Å²) < 4.78 is 5.64. The monoisotopic (exact) mass is 592 g/mol. The highest BCUT2D eigenvalue weighted by molar-refractivity contribution is 6.31. The number of halogens is 1. The summed E-state index contributed by atoms with van der Waals surface area (Å²) in [5, 5.41) is 12.3. The van der Waals surface area contributed by atoms with E-state index in [0.717, 1.165) is 12.8 Å². The van der Waals surface area contributed by atoms with Gasteiger partial charge in [0.05, 0.1) is 18.7 Å². The third kappa shape index (κ3) is 8.90. The molecule has 0 bridgehead atoms. The van der Waals surface area contributed by atoms with Gasteiger partial charge in [0.15, 0.2) is 5.78 Å². The maximum absolute atomic E-state index is 13.5. The summed E-state index contributed by atoms with van der Waals surface area (Å²) in [6.07, 6.45) is 8.82. The van der Waals surface area contributed by atoms with E-state index in [-0.39, 0.29) is 29.1 Å². The minimum Gasteiger partial charge on any atom is -0.495 e. The highest BCUT2D eigenvalue weighted by Gasteiger charge is 2.25. The van der Waals surface area contributed by atoms with Crippen molar-refractivity contribution in [1.29, 1.82) is 0 Å². The summed E-state index contributed by atoms with van der Waals surface area (Å²) in [5.74, 6) is -1.56. The normalized spacial score (nSPS) is 14.8. The lowest BCUT2D eigenvalue weighted by atomic mass is 9.95. The van der Waals surface area contributed by atoms with Crippen molar-refractivity contribution in [3.05, 3.63) is 94.0 Å². The molecule has 4 N–H and O–H groups in total. The number of nitrogens with two attached hydrogens (primary N) is 1. The summed E-state index contributed by atoms with van der Waals surface area (Å²) >= 11 is 6.22. The van der Waals surface area contributed by atoms with E-state index < -0.39 is 17.9 Å². The number of hydrogen-bond donors (Lipinski definition) is 3. The number of carbonyl (C=O) groups excluding carboxylic acids is 3. The van der Waals surface area contributed by atoms with E-state index in [4.69, 9.17) is 27.2 Å². The molecule has 0 spiro atoms. The molecule has 1 aliphatic carbocycles. The summed E-state index contributed by atoms with van der Waals surface area (Å²) in [6.45, 7) is 1.40. The minimum absolute atomic E-state index is 0.0805. The molecule has 0 aromatic heterocycles. The highest BCUT2D eigenvalue weighted by atomic mass is 35.5. The number of carbonyl (C=O) groups is 4. The van der Waals surface area contributed by atoms with Crippen LogP contribution >= 0.6 is 11.6 Å². The van der Waals surface area contributed by atoms with E-state index in [9.17, 15) is 19.2 Å². The van der Waals surface area contributed by atoms with Crippen LogP contribution in [-0.4, -0.2) is 66.4 Å². The standard InChI is InChI=1S/C31H33ClN4O6/c1-19(38)25-11-6-21(32)16-27(25)26(13-15-37)29(42-3)18-36(2)28(17-22(33)12-14-34-23-9-10-23)30(39)35-24-7-4-20(5-8-24)31(40)41/h4-8,11-16,18,23,28H,9-10,17,33H2,1-3H3,(H,35,39)(H,40,41)/b22-12?,26-13-,29-18+,34-14?. The van der Waals surface area contributed by atoms with E-state index in [0.29, 0.717) is 39.9 Å². The number of ether oxygens (including phenoxy) is 1. The number of benzene rings is 2. The zero-order chi connectivity index (χ0) is 30.8. The predicted octanol–water partition coefficient (Wildman–Crippen LogP) is 4.72. The van der Waals surface area contributed by atoms with Gasteiger partial charge in [-0.2, -0.15) is 0 Å². The number of nitrogens with zero attached hydrogens (tertiary/aromatic N) is 2. The average molecular weight is 593 g/mol. The van der Waals surface area contributed by atoms with Gasteiger partial charge in [0.2, 0.25) is 5.91 Å². The molecule has 1 aliphatic rings. The van der Waals surface area contributed by atoms with Gasteiger partial charge in [-0.15, -0.1) is 0 Å². The maximum atomic E-state index is 13.5. The van der Waals surface area contributed by atoms with Crippen molar-refractivity contribution in [2.45, 2.75) is 38.3 Å². The Morgan fingerprint density at radius 3 is 2.43 bits per heavy atom. The molecular weight excluding hydrogens is 560 g/mol. The third-order valence-electron chi connectivity index (χ3n) is 6.45. The number of likely N-dealkylation sites (N-methyl/N-ethyl adjacent to an activating group) is 1. The molecule has 1 fully saturated rings. The minimum atomic E-state index is -1.08. The van der Waals surface area contributed by atoms with Gasteiger partial charge in [0.25, 0.3) is 0 Å². The van der Waals surface area contributed by atoms with E-state index in [1.807, 2.05) is 0 Å². The Balaban J connectivity index is 1.98. The van der Waals surface area contributed by atoms with Gasteiger partial charge in [-0.3, -0.25) is 19.4 Å². The molecule has 2 aromatic carbocycles. The summed E-state index contributed by atoms with van der Waals surface area (Å²) in [5.41, 5.74) is 8.15. The number of nitrogens with one attached hydrogen (secondary N) is 1. The fourth-order valence-corrected chi connectivity index (χ4v) is 4.22. The van der Waals surface area contributed by atoms with Crippen LogP contribution in [0.25, 0.3) is 5.57 Å². The Labute approximate surface area is 249 Å². The van der Waals surface area contributed by atoms with Crippen molar-refractivity contribution >= 4 is 53.0 Å². The molecule has 1 saturated carbocycles. The fraction of sp³-hybridized carbons (Fsp3) is 0.258. The number of carboxylic acid groups (broad SMARTS) is 1. The Hall–Kier alpha value is -4.70. The number of carboxylic acids is 1. The molecule has 3 rings (SSSR count). The number of anilines is 1. The summed E-state index contributed by atoms with van der Waals surface area (Å²) in [7, 11) is 3.04. The van der Waals surface area contributed by atoms with E-state index in [1.54, 1.807) is 42.4 Å². The van der Waals surface area contributed by atoms with Crippen LogP contribution < -0.4 is 11.1 Å². The molecule has 11 heteroatoms. The zero-order valence-corrected chi connectivity index (χ0v) is 24.3. The predicted molar refractivity (Wildman–Crippen MR) is 163 cm³/mol. The van der Waals surface area contributed by atoms with Crippen molar-refractivity contribution in [2.75, 3.05) is 19.5 Å². The summed E-state index contributed by atoms with van der Waals surface area (Å²) in [4.78, 5) is 54.7. The molecule has 2 aromatic rings. The number of hydrogen-bond acceptors (Lipinski definition) is 8. The SMILES string of the molecule is COC(=C/N(C)C(CC(N)=CC=NC1CC1)C(=O)Nc1ccc(C(=O)O)cc1)/C(=C\C=O)c1cc(Cl)ccc1C(C)=O. The summed E-state index contributed by atoms with van der Waals surface area (Å²) in [6, 6.07) is 9.89. The number of methoxy groups -OCH3 is 1. The quantitative estimate of drug-likeness (QED) is 0.0712. The first-order chi connectivity index (χ1) is 20.0. The van der Waals surface area contributed by atoms with Crippen molar-refractivity contribution in [2.24, 2.45) is 10.7 Å². The van der Waals surface area contributed by atoms with Crippen molar-refractivity contribution in [3.8, 4) is 0 Å². The molecule has 220 valence electrons. The van der Waals surface area contributed by atoms with Gasteiger partial charge < -0.3 is 25.8 Å². The second-order valence-electron chi connectivity index (χ2n) is 9.69. The molecule has 0 aliphatic heterocycles. The van der Waals surface area contributed by atoms with Gasteiger partial charge in [-0.05, 0) is 79.9 Å².